The summed E-state index contributed by atoms with van der Waals surface area (Å²) in [6, 6.07) is 11.1. The van der Waals surface area contributed by atoms with Crippen LogP contribution in [0.2, 0.25) is 0 Å². The largest absolute Gasteiger partial charge is 0.308 e. The summed E-state index contributed by atoms with van der Waals surface area (Å²) in [7, 11) is 0. The van der Waals surface area contributed by atoms with Crippen molar-refractivity contribution in [2.45, 2.75) is 19.4 Å². The van der Waals surface area contributed by atoms with Gasteiger partial charge in [0.25, 0.3) is 11.2 Å². The molecular formula is C15H15BrN2O3. The molecule has 0 aliphatic carbocycles. The first-order valence-electron chi connectivity index (χ1n) is 6.49. The number of benzene rings is 1. The summed E-state index contributed by atoms with van der Waals surface area (Å²) in [6.07, 6.45) is 1.33. The molecule has 0 aliphatic heterocycles. The van der Waals surface area contributed by atoms with Gasteiger partial charge < -0.3 is 4.57 Å². The molecule has 5 nitrogen and oxygen atoms in total. The summed E-state index contributed by atoms with van der Waals surface area (Å²) in [5.41, 5.74) is 1.22. The number of aromatic nitrogens is 1. The molecule has 0 saturated heterocycles. The van der Waals surface area contributed by atoms with Crippen molar-refractivity contribution in [3.63, 3.8) is 0 Å². The van der Waals surface area contributed by atoms with Crippen LogP contribution >= 0.6 is 15.9 Å². The van der Waals surface area contributed by atoms with Gasteiger partial charge in [0.1, 0.15) is 0 Å². The second-order valence-corrected chi connectivity index (χ2v) is 5.50. The fourth-order valence-corrected chi connectivity index (χ4v) is 2.77. The van der Waals surface area contributed by atoms with Crippen LogP contribution in [0, 0.1) is 17.0 Å². The molecule has 0 N–H and O–H groups in total. The number of nitrogens with zero attached hydrogens (tertiary/aromatic N) is 2. The van der Waals surface area contributed by atoms with Gasteiger partial charge in [-0.15, -0.1) is 0 Å². The van der Waals surface area contributed by atoms with Gasteiger partial charge >= 0.3 is 0 Å². The molecular weight excluding hydrogens is 336 g/mol. The van der Waals surface area contributed by atoms with Crippen LogP contribution in [0.15, 0.2) is 47.4 Å². The number of rotatable bonds is 5. The summed E-state index contributed by atoms with van der Waals surface area (Å²) in [5, 5.41) is 11.7. The van der Waals surface area contributed by atoms with E-state index < -0.39 is 4.92 Å². The van der Waals surface area contributed by atoms with Crippen LogP contribution in [-0.2, 0) is 6.54 Å². The molecule has 1 atom stereocenters. The van der Waals surface area contributed by atoms with Gasteiger partial charge in [0.15, 0.2) is 0 Å². The second kappa shape index (κ2) is 6.67. The summed E-state index contributed by atoms with van der Waals surface area (Å²) < 4.78 is 1.41. The molecule has 2 rings (SSSR count). The van der Waals surface area contributed by atoms with Crippen molar-refractivity contribution in [3.8, 4) is 0 Å². The number of alkyl halides is 1. The van der Waals surface area contributed by atoms with Crippen molar-refractivity contribution in [1.29, 1.82) is 0 Å². The lowest BCUT2D eigenvalue weighted by atomic mass is 10.0. The van der Waals surface area contributed by atoms with Crippen LogP contribution in [0.4, 0.5) is 5.69 Å². The monoisotopic (exact) mass is 350 g/mol. The Morgan fingerprint density at radius 2 is 2.00 bits per heavy atom. The van der Waals surface area contributed by atoms with Gasteiger partial charge in [0, 0.05) is 29.4 Å². The molecule has 1 unspecified atom stereocenters. The number of hydrogen-bond donors (Lipinski definition) is 0. The topological polar surface area (TPSA) is 65.1 Å². The van der Waals surface area contributed by atoms with E-state index in [9.17, 15) is 14.9 Å². The van der Waals surface area contributed by atoms with Crippen LogP contribution in [0.1, 0.15) is 17.0 Å². The molecule has 6 heteroatoms. The molecule has 0 saturated carbocycles. The zero-order chi connectivity index (χ0) is 15.4. The predicted octanol–water partition coefficient (Wildman–Crippen LogP) is 3.24. The molecule has 0 amide bonds. The first kappa shape index (κ1) is 15.4. The van der Waals surface area contributed by atoms with E-state index in [1.54, 1.807) is 6.92 Å². The number of hydrogen-bond acceptors (Lipinski definition) is 3. The molecule has 0 spiro atoms. The van der Waals surface area contributed by atoms with Crippen molar-refractivity contribution in [2.24, 2.45) is 0 Å². The van der Waals surface area contributed by atoms with Gasteiger partial charge in [-0.25, -0.2) is 0 Å². The Hall–Kier alpha value is -1.95. The van der Waals surface area contributed by atoms with Crippen LogP contribution in [-0.4, -0.2) is 14.8 Å². The van der Waals surface area contributed by atoms with Crippen LogP contribution in [0.5, 0.6) is 0 Å². The predicted molar refractivity (Wildman–Crippen MR) is 85.1 cm³/mol. The molecule has 0 fully saturated rings. The minimum Gasteiger partial charge on any atom is -0.308 e. The lowest BCUT2D eigenvalue weighted by Crippen LogP contribution is -2.24. The molecule has 0 radical (unpaired) electrons. The van der Waals surface area contributed by atoms with E-state index in [1.807, 2.05) is 30.3 Å². The van der Waals surface area contributed by atoms with Crippen molar-refractivity contribution < 1.29 is 4.92 Å². The Balaban J connectivity index is 2.36. The fourth-order valence-electron chi connectivity index (χ4n) is 2.19. The third kappa shape index (κ3) is 3.58. The third-order valence-electron chi connectivity index (χ3n) is 3.38. The SMILES string of the molecule is Cc1cc(=O)n(CC(CBr)c2ccccc2)cc1[N+](=O)[O-]. The van der Waals surface area contributed by atoms with Gasteiger partial charge in [-0.3, -0.25) is 14.9 Å². The Labute approximate surface area is 130 Å². The Kier molecular flexibility index (Phi) is 4.90. The first-order valence-corrected chi connectivity index (χ1v) is 7.61. The quantitative estimate of drug-likeness (QED) is 0.472. The van der Waals surface area contributed by atoms with Crippen molar-refractivity contribution in [1.82, 2.24) is 4.57 Å². The highest BCUT2D eigenvalue weighted by Crippen LogP contribution is 2.21. The Bertz CT molecular complexity index is 698. The van der Waals surface area contributed by atoms with Crippen molar-refractivity contribution in [3.05, 3.63) is 74.2 Å². The van der Waals surface area contributed by atoms with Crippen LogP contribution in [0.3, 0.4) is 0 Å². The highest BCUT2D eigenvalue weighted by Gasteiger charge is 2.16. The fraction of sp³-hybridized carbons (Fsp3) is 0.267. The average molecular weight is 351 g/mol. The smallest absolute Gasteiger partial charge is 0.288 e. The molecule has 0 aliphatic rings. The van der Waals surface area contributed by atoms with E-state index >= 15 is 0 Å². The van der Waals surface area contributed by atoms with Crippen LogP contribution < -0.4 is 5.56 Å². The average Bonchev–Trinajstić information content (AvgIpc) is 2.47. The van der Waals surface area contributed by atoms with Crippen LogP contribution in [0.25, 0.3) is 0 Å². The van der Waals surface area contributed by atoms with Crippen molar-refractivity contribution in [2.75, 3.05) is 5.33 Å². The first-order chi connectivity index (χ1) is 10.0. The van der Waals surface area contributed by atoms with Crippen molar-refractivity contribution >= 4 is 21.6 Å². The maximum absolute atomic E-state index is 12.0. The minimum absolute atomic E-state index is 0.0315. The molecule has 2 aromatic rings. The molecule has 1 aromatic heterocycles. The molecule has 110 valence electrons. The maximum atomic E-state index is 12.0. The summed E-state index contributed by atoms with van der Waals surface area (Å²) >= 11 is 3.45. The van der Waals surface area contributed by atoms with Gasteiger partial charge in [-0.2, -0.15) is 0 Å². The lowest BCUT2D eigenvalue weighted by molar-refractivity contribution is -0.385. The number of pyridine rings is 1. The lowest BCUT2D eigenvalue weighted by Gasteiger charge is -2.16. The maximum Gasteiger partial charge on any atom is 0.288 e. The van der Waals surface area contributed by atoms with Gasteiger partial charge in [-0.1, -0.05) is 46.3 Å². The summed E-state index contributed by atoms with van der Waals surface area (Å²) in [6.45, 7) is 1.97. The van der Waals surface area contributed by atoms with E-state index in [0.717, 1.165) is 5.56 Å². The number of halogens is 1. The highest BCUT2D eigenvalue weighted by atomic mass is 79.9. The van der Waals surface area contributed by atoms with E-state index in [1.165, 1.54) is 16.8 Å². The number of aryl methyl sites for hydroxylation is 1. The van der Waals surface area contributed by atoms with E-state index in [4.69, 9.17) is 0 Å². The molecule has 1 aromatic carbocycles. The Morgan fingerprint density at radius 3 is 2.57 bits per heavy atom. The molecule has 1 heterocycles. The minimum atomic E-state index is -0.461. The molecule has 0 bridgehead atoms. The highest BCUT2D eigenvalue weighted by molar-refractivity contribution is 9.09. The summed E-state index contributed by atoms with van der Waals surface area (Å²) in [5.74, 6) is 0.0752. The van der Waals surface area contributed by atoms with Gasteiger partial charge in [0.2, 0.25) is 0 Å². The third-order valence-corrected chi connectivity index (χ3v) is 4.16. The van der Waals surface area contributed by atoms with E-state index in [-0.39, 0.29) is 17.2 Å². The zero-order valence-electron chi connectivity index (χ0n) is 11.5. The van der Waals surface area contributed by atoms with Gasteiger partial charge in [-0.05, 0) is 12.5 Å². The number of nitro groups is 1. The van der Waals surface area contributed by atoms with E-state index in [0.29, 0.717) is 17.4 Å². The second-order valence-electron chi connectivity index (χ2n) is 4.85. The summed E-state index contributed by atoms with van der Waals surface area (Å²) in [4.78, 5) is 22.6. The van der Waals surface area contributed by atoms with Gasteiger partial charge in [0.05, 0.1) is 11.1 Å². The zero-order valence-corrected chi connectivity index (χ0v) is 13.1. The van der Waals surface area contributed by atoms with E-state index in [2.05, 4.69) is 15.9 Å². The normalized spacial score (nSPS) is 12.1. The standard InChI is InChI=1S/C15H15BrN2O3/c1-11-7-15(19)17(10-14(11)18(20)21)9-13(8-16)12-5-3-2-4-6-12/h2-7,10,13H,8-9H2,1H3. The molecule has 21 heavy (non-hydrogen) atoms. The Morgan fingerprint density at radius 1 is 1.33 bits per heavy atom.